The third-order valence-corrected chi connectivity index (χ3v) is 3.55. The van der Waals surface area contributed by atoms with Crippen molar-refractivity contribution in [2.24, 2.45) is 5.92 Å². The van der Waals surface area contributed by atoms with E-state index in [-0.39, 0.29) is 24.2 Å². The second kappa shape index (κ2) is 8.41. The maximum atomic E-state index is 11.9. The lowest BCUT2D eigenvalue weighted by molar-refractivity contribution is -0.125. The quantitative estimate of drug-likeness (QED) is 0.897. The van der Waals surface area contributed by atoms with Gasteiger partial charge in [-0.2, -0.15) is 0 Å². The maximum absolute atomic E-state index is 11.9. The van der Waals surface area contributed by atoms with Crippen LogP contribution in [0.15, 0.2) is 24.3 Å². The fraction of sp³-hybridized carbons (Fsp3) is 0.500. The van der Waals surface area contributed by atoms with Crippen molar-refractivity contribution in [3.05, 3.63) is 34.9 Å². The normalized spacial score (nSPS) is 18.5. The summed E-state index contributed by atoms with van der Waals surface area (Å²) in [4.78, 5) is 11.9. The smallest absolute Gasteiger partial charge is 0.224 e. The van der Waals surface area contributed by atoms with Crippen molar-refractivity contribution < 1.29 is 4.79 Å². The summed E-state index contributed by atoms with van der Waals surface area (Å²) < 4.78 is 0. The van der Waals surface area contributed by atoms with E-state index < -0.39 is 0 Å². The Morgan fingerprint density at radius 1 is 1.37 bits per heavy atom. The average Bonchev–Trinajstić information content (AvgIpc) is 2.42. The maximum Gasteiger partial charge on any atom is 0.224 e. The summed E-state index contributed by atoms with van der Waals surface area (Å²) in [5.74, 6) is 0.320. The number of carbonyl (C=O) groups is 1. The summed E-state index contributed by atoms with van der Waals surface area (Å²) in [6.07, 6.45) is 2.94. The van der Waals surface area contributed by atoms with Crippen molar-refractivity contribution in [2.75, 3.05) is 19.6 Å². The fourth-order valence-electron chi connectivity index (χ4n) is 2.20. The van der Waals surface area contributed by atoms with E-state index in [4.69, 9.17) is 11.6 Å². The first-order chi connectivity index (χ1) is 8.75. The molecule has 1 unspecified atom stereocenters. The van der Waals surface area contributed by atoms with Gasteiger partial charge in [0.2, 0.25) is 5.91 Å². The molecule has 1 aromatic rings. The van der Waals surface area contributed by atoms with Crippen LogP contribution in [0.5, 0.6) is 0 Å². The number of amides is 1. The van der Waals surface area contributed by atoms with Crippen molar-refractivity contribution in [1.82, 2.24) is 10.6 Å². The van der Waals surface area contributed by atoms with Crippen molar-refractivity contribution in [2.45, 2.75) is 19.3 Å². The van der Waals surface area contributed by atoms with Crippen LogP contribution < -0.4 is 10.6 Å². The fourth-order valence-corrected chi connectivity index (χ4v) is 2.33. The highest BCUT2D eigenvalue weighted by Crippen LogP contribution is 2.11. The minimum atomic E-state index is 0. The molecule has 1 fully saturated rings. The molecule has 1 aliphatic heterocycles. The second-order valence-electron chi connectivity index (χ2n) is 4.71. The molecule has 0 spiro atoms. The van der Waals surface area contributed by atoms with Gasteiger partial charge in [-0.3, -0.25) is 4.79 Å². The molecule has 1 heterocycles. The molecule has 0 bridgehead atoms. The van der Waals surface area contributed by atoms with Crippen LogP contribution in [0.2, 0.25) is 5.02 Å². The Labute approximate surface area is 125 Å². The summed E-state index contributed by atoms with van der Waals surface area (Å²) in [7, 11) is 0. The summed E-state index contributed by atoms with van der Waals surface area (Å²) in [6.45, 7) is 2.54. The number of rotatable bonds is 4. The number of halogens is 2. The highest BCUT2D eigenvalue weighted by molar-refractivity contribution is 6.30. The Kier molecular flexibility index (Phi) is 7.21. The largest absolute Gasteiger partial charge is 0.355 e. The predicted octanol–water partition coefficient (Wildman–Crippen LogP) is 2.42. The molecule has 19 heavy (non-hydrogen) atoms. The Hall–Kier alpha value is -0.770. The van der Waals surface area contributed by atoms with Gasteiger partial charge in [-0.1, -0.05) is 23.7 Å². The zero-order valence-corrected chi connectivity index (χ0v) is 12.4. The van der Waals surface area contributed by atoms with Gasteiger partial charge in [-0.15, -0.1) is 12.4 Å². The van der Waals surface area contributed by atoms with Crippen molar-refractivity contribution in [3.8, 4) is 0 Å². The number of hydrogen-bond acceptors (Lipinski definition) is 2. The molecule has 2 rings (SSSR count). The molecule has 1 aliphatic rings. The molecule has 0 aromatic heterocycles. The SMILES string of the molecule is Cl.O=C(NCCc1ccc(Cl)cc1)C1CCCNC1. The van der Waals surface area contributed by atoms with E-state index in [0.29, 0.717) is 6.54 Å². The summed E-state index contributed by atoms with van der Waals surface area (Å²) in [5.41, 5.74) is 1.20. The standard InChI is InChI=1S/C14H19ClN2O.ClH/c15-13-5-3-11(4-6-13)7-9-17-14(18)12-2-1-8-16-10-12;/h3-6,12,16H,1-2,7-10H2,(H,17,18);1H. The van der Waals surface area contributed by atoms with E-state index in [1.165, 1.54) is 5.56 Å². The minimum Gasteiger partial charge on any atom is -0.355 e. The Morgan fingerprint density at radius 2 is 2.11 bits per heavy atom. The van der Waals surface area contributed by atoms with Gasteiger partial charge < -0.3 is 10.6 Å². The molecule has 0 saturated carbocycles. The molecule has 3 nitrogen and oxygen atoms in total. The first-order valence-corrected chi connectivity index (χ1v) is 6.86. The number of piperidine rings is 1. The minimum absolute atomic E-state index is 0. The van der Waals surface area contributed by atoms with Crippen LogP contribution in [0.25, 0.3) is 0 Å². The Balaban J connectivity index is 0.00000180. The molecule has 5 heteroatoms. The number of carbonyl (C=O) groups excluding carboxylic acids is 1. The van der Waals surface area contributed by atoms with Crippen LogP contribution >= 0.6 is 24.0 Å². The zero-order chi connectivity index (χ0) is 12.8. The van der Waals surface area contributed by atoms with Gasteiger partial charge in [-0.25, -0.2) is 0 Å². The van der Waals surface area contributed by atoms with E-state index in [1.54, 1.807) is 0 Å². The van der Waals surface area contributed by atoms with Crippen molar-refractivity contribution in [1.29, 1.82) is 0 Å². The molecule has 2 N–H and O–H groups in total. The lowest BCUT2D eigenvalue weighted by atomic mass is 9.99. The molecule has 1 saturated heterocycles. The average molecular weight is 303 g/mol. The summed E-state index contributed by atoms with van der Waals surface area (Å²) in [6, 6.07) is 7.75. The first-order valence-electron chi connectivity index (χ1n) is 6.48. The van der Waals surface area contributed by atoms with Crippen LogP contribution in [0, 0.1) is 5.92 Å². The molecule has 1 aromatic carbocycles. The van der Waals surface area contributed by atoms with E-state index in [9.17, 15) is 4.79 Å². The van der Waals surface area contributed by atoms with Crippen LogP contribution in [0.1, 0.15) is 18.4 Å². The topological polar surface area (TPSA) is 41.1 Å². The number of nitrogens with one attached hydrogen (secondary N) is 2. The van der Waals surface area contributed by atoms with Gasteiger partial charge in [0.1, 0.15) is 0 Å². The Bertz CT molecular complexity index is 389. The van der Waals surface area contributed by atoms with Crippen LogP contribution in [0.4, 0.5) is 0 Å². The highest BCUT2D eigenvalue weighted by atomic mass is 35.5. The second-order valence-corrected chi connectivity index (χ2v) is 5.15. The van der Waals surface area contributed by atoms with Gasteiger partial charge in [0.25, 0.3) is 0 Å². The first kappa shape index (κ1) is 16.3. The van der Waals surface area contributed by atoms with Gasteiger partial charge in [0.05, 0.1) is 5.92 Å². The van der Waals surface area contributed by atoms with Gasteiger partial charge in [0.15, 0.2) is 0 Å². The van der Waals surface area contributed by atoms with E-state index in [1.807, 2.05) is 24.3 Å². The lowest BCUT2D eigenvalue weighted by Gasteiger charge is -2.21. The molecule has 0 radical (unpaired) electrons. The van der Waals surface area contributed by atoms with Crippen LogP contribution in [0.3, 0.4) is 0 Å². The molecule has 0 aliphatic carbocycles. The van der Waals surface area contributed by atoms with E-state index >= 15 is 0 Å². The van der Waals surface area contributed by atoms with E-state index in [0.717, 1.165) is 37.4 Å². The number of benzene rings is 1. The predicted molar refractivity (Wildman–Crippen MR) is 81.0 cm³/mol. The van der Waals surface area contributed by atoms with Crippen molar-refractivity contribution >= 4 is 29.9 Å². The lowest BCUT2D eigenvalue weighted by Crippen LogP contribution is -2.41. The molecular formula is C14H20Cl2N2O. The van der Waals surface area contributed by atoms with Crippen LogP contribution in [-0.2, 0) is 11.2 Å². The summed E-state index contributed by atoms with van der Waals surface area (Å²) >= 11 is 5.82. The van der Waals surface area contributed by atoms with Gasteiger partial charge >= 0.3 is 0 Å². The third kappa shape index (κ3) is 5.39. The zero-order valence-electron chi connectivity index (χ0n) is 10.8. The monoisotopic (exact) mass is 302 g/mol. The molecule has 1 atom stereocenters. The Morgan fingerprint density at radius 3 is 2.74 bits per heavy atom. The molecule has 1 amide bonds. The van der Waals surface area contributed by atoms with Crippen LogP contribution in [-0.4, -0.2) is 25.5 Å². The van der Waals surface area contributed by atoms with Gasteiger partial charge in [0, 0.05) is 18.1 Å². The van der Waals surface area contributed by atoms with Crippen molar-refractivity contribution in [3.63, 3.8) is 0 Å². The molecule has 106 valence electrons. The summed E-state index contributed by atoms with van der Waals surface area (Å²) in [5, 5.41) is 7.00. The van der Waals surface area contributed by atoms with E-state index in [2.05, 4.69) is 10.6 Å². The third-order valence-electron chi connectivity index (χ3n) is 3.29. The van der Waals surface area contributed by atoms with Gasteiger partial charge in [-0.05, 0) is 43.5 Å². The number of hydrogen-bond donors (Lipinski definition) is 2. The molecular weight excluding hydrogens is 283 g/mol. The highest BCUT2D eigenvalue weighted by Gasteiger charge is 2.19.